The molecule has 19 heavy (non-hydrogen) atoms. The van der Waals surface area contributed by atoms with E-state index >= 15 is 0 Å². The van der Waals surface area contributed by atoms with Gasteiger partial charge in [-0.2, -0.15) is 0 Å². The van der Waals surface area contributed by atoms with Crippen molar-refractivity contribution in [1.29, 1.82) is 0 Å². The van der Waals surface area contributed by atoms with Gasteiger partial charge in [-0.25, -0.2) is 8.42 Å². The van der Waals surface area contributed by atoms with Crippen molar-refractivity contribution in [3.8, 4) is 11.1 Å². The first kappa shape index (κ1) is 14.7. The summed E-state index contributed by atoms with van der Waals surface area (Å²) in [5.74, 6) is 0. The summed E-state index contributed by atoms with van der Waals surface area (Å²) in [6.45, 7) is 0. The number of halogens is 3. The molecule has 2 aromatic rings. The van der Waals surface area contributed by atoms with Crippen molar-refractivity contribution in [2.45, 2.75) is 4.90 Å². The monoisotopic (exact) mass is 334 g/mol. The lowest BCUT2D eigenvalue weighted by atomic mass is 10.1. The summed E-state index contributed by atoms with van der Waals surface area (Å²) in [4.78, 5) is 0.0936. The van der Waals surface area contributed by atoms with E-state index in [1.54, 1.807) is 30.3 Å². The molecule has 0 aliphatic carbocycles. The molecule has 0 fully saturated rings. The molecular weight excluding hydrogens is 327 g/mol. The summed E-state index contributed by atoms with van der Waals surface area (Å²) >= 11 is 18.0. The van der Waals surface area contributed by atoms with Gasteiger partial charge in [0, 0.05) is 21.9 Å². The number of hydrogen-bond acceptors (Lipinski definition) is 2. The largest absolute Gasteiger partial charge is 0.224 e. The predicted octanol–water partition coefficient (Wildman–Crippen LogP) is 4.72. The van der Waals surface area contributed by atoms with E-state index in [9.17, 15) is 8.42 Å². The highest BCUT2D eigenvalue weighted by Crippen LogP contribution is 2.33. The topological polar surface area (TPSA) is 34.1 Å². The summed E-state index contributed by atoms with van der Waals surface area (Å²) in [6, 6.07) is 9.74. The zero-order chi connectivity index (χ0) is 14.2. The van der Waals surface area contributed by atoms with Gasteiger partial charge < -0.3 is 0 Å². The Balaban J connectivity index is 2.60. The fraction of sp³-hybridized carbons (Fsp3) is 0.0769. The zero-order valence-electron chi connectivity index (χ0n) is 9.82. The van der Waals surface area contributed by atoms with E-state index < -0.39 is 9.84 Å². The lowest BCUT2D eigenvalue weighted by molar-refractivity contribution is 0.602. The van der Waals surface area contributed by atoms with Gasteiger partial charge in [0.15, 0.2) is 9.84 Å². The van der Waals surface area contributed by atoms with Gasteiger partial charge in [-0.05, 0) is 35.9 Å². The first-order chi connectivity index (χ1) is 8.79. The molecule has 6 heteroatoms. The second kappa shape index (κ2) is 5.33. The molecule has 100 valence electrons. The molecule has 0 spiro atoms. The Labute approximate surface area is 126 Å². The van der Waals surface area contributed by atoms with Gasteiger partial charge in [-0.15, -0.1) is 0 Å². The zero-order valence-corrected chi connectivity index (χ0v) is 12.9. The molecule has 0 saturated carbocycles. The maximum atomic E-state index is 11.5. The molecule has 0 aromatic heterocycles. The van der Waals surface area contributed by atoms with Crippen LogP contribution in [0.5, 0.6) is 0 Å². The summed E-state index contributed by atoms with van der Waals surface area (Å²) in [5.41, 5.74) is 1.42. The maximum absolute atomic E-state index is 11.5. The smallest absolute Gasteiger partial charge is 0.176 e. The van der Waals surface area contributed by atoms with Gasteiger partial charge in [-0.3, -0.25) is 0 Å². The van der Waals surface area contributed by atoms with E-state index in [2.05, 4.69) is 0 Å². The SMILES string of the molecule is CS(=O)(=O)c1ccc(-c2cc(Cl)ccc2Cl)cc1Cl. The second-order valence-corrected chi connectivity index (χ2v) is 7.28. The third-order valence-corrected chi connectivity index (χ3v) is 4.72. The van der Waals surface area contributed by atoms with Crippen LogP contribution >= 0.6 is 34.8 Å². The third kappa shape index (κ3) is 3.23. The molecular formula is C13H9Cl3O2S. The van der Waals surface area contributed by atoms with E-state index in [0.717, 1.165) is 6.26 Å². The van der Waals surface area contributed by atoms with Crippen molar-refractivity contribution >= 4 is 44.6 Å². The molecule has 0 amide bonds. The van der Waals surface area contributed by atoms with Crippen molar-refractivity contribution < 1.29 is 8.42 Å². The molecule has 2 aromatic carbocycles. The molecule has 0 unspecified atom stereocenters. The standard InChI is InChI=1S/C13H9Cl3O2S/c1-19(17,18)13-5-2-8(6-12(13)16)10-7-9(14)3-4-11(10)15/h2-7H,1H3. The molecule has 0 saturated heterocycles. The maximum Gasteiger partial charge on any atom is 0.176 e. The molecule has 0 N–H and O–H groups in total. The number of rotatable bonds is 2. The molecule has 2 rings (SSSR count). The second-order valence-electron chi connectivity index (χ2n) is 4.04. The van der Waals surface area contributed by atoms with Crippen molar-refractivity contribution in [2.24, 2.45) is 0 Å². The lowest BCUT2D eigenvalue weighted by Crippen LogP contribution is -1.98. The molecule has 0 aliphatic heterocycles. The van der Waals surface area contributed by atoms with Crippen LogP contribution < -0.4 is 0 Å². The van der Waals surface area contributed by atoms with Crippen molar-refractivity contribution in [3.05, 3.63) is 51.5 Å². The Kier molecular flexibility index (Phi) is 4.11. The third-order valence-electron chi connectivity index (χ3n) is 2.57. The highest BCUT2D eigenvalue weighted by Gasteiger charge is 2.14. The fourth-order valence-corrected chi connectivity index (χ4v) is 3.42. The summed E-state index contributed by atoms with van der Waals surface area (Å²) < 4.78 is 23.0. The van der Waals surface area contributed by atoms with Gasteiger partial charge in [0.05, 0.1) is 9.92 Å². The van der Waals surface area contributed by atoms with Crippen LogP contribution in [0.25, 0.3) is 11.1 Å². The molecule has 0 radical (unpaired) electrons. The summed E-state index contributed by atoms with van der Waals surface area (Å²) in [7, 11) is -3.34. The van der Waals surface area contributed by atoms with E-state index in [-0.39, 0.29) is 9.92 Å². The quantitative estimate of drug-likeness (QED) is 0.796. The number of hydrogen-bond donors (Lipinski definition) is 0. The van der Waals surface area contributed by atoms with Gasteiger partial charge in [-0.1, -0.05) is 40.9 Å². The number of benzene rings is 2. The Bertz CT molecular complexity index is 740. The van der Waals surface area contributed by atoms with Gasteiger partial charge in [0.2, 0.25) is 0 Å². The van der Waals surface area contributed by atoms with E-state index in [1.165, 1.54) is 6.07 Å². The van der Waals surface area contributed by atoms with Gasteiger partial charge in [0.25, 0.3) is 0 Å². The van der Waals surface area contributed by atoms with Crippen LogP contribution in [0.1, 0.15) is 0 Å². The Morgan fingerprint density at radius 3 is 2.16 bits per heavy atom. The van der Waals surface area contributed by atoms with Crippen LogP contribution in [0.15, 0.2) is 41.3 Å². The minimum Gasteiger partial charge on any atom is -0.224 e. The van der Waals surface area contributed by atoms with E-state index in [0.29, 0.717) is 21.2 Å². The fourth-order valence-electron chi connectivity index (χ4n) is 1.69. The van der Waals surface area contributed by atoms with Gasteiger partial charge >= 0.3 is 0 Å². The van der Waals surface area contributed by atoms with Crippen molar-refractivity contribution in [1.82, 2.24) is 0 Å². The number of sulfone groups is 1. The van der Waals surface area contributed by atoms with Crippen LogP contribution in [-0.2, 0) is 9.84 Å². The van der Waals surface area contributed by atoms with Crippen LogP contribution in [0.3, 0.4) is 0 Å². The Morgan fingerprint density at radius 2 is 1.58 bits per heavy atom. The van der Waals surface area contributed by atoms with Crippen LogP contribution in [-0.4, -0.2) is 14.7 Å². The molecule has 0 bridgehead atoms. The average Bonchev–Trinajstić information content (AvgIpc) is 2.30. The molecule has 0 heterocycles. The Morgan fingerprint density at radius 1 is 0.895 bits per heavy atom. The first-order valence-electron chi connectivity index (χ1n) is 5.24. The highest BCUT2D eigenvalue weighted by atomic mass is 35.5. The van der Waals surface area contributed by atoms with Crippen LogP contribution in [0.2, 0.25) is 15.1 Å². The summed E-state index contributed by atoms with van der Waals surface area (Å²) in [6.07, 6.45) is 1.11. The van der Waals surface area contributed by atoms with Crippen LogP contribution in [0, 0.1) is 0 Å². The van der Waals surface area contributed by atoms with E-state index in [1.807, 2.05) is 0 Å². The van der Waals surface area contributed by atoms with Crippen LogP contribution in [0.4, 0.5) is 0 Å². The molecule has 2 nitrogen and oxygen atoms in total. The van der Waals surface area contributed by atoms with Crippen molar-refractivity contribution in [3.63, 3.8) is 0 Å². The highest BCUT2D eigenvalue weighted by molar-refractivity contribution is 7.90. The predicted molar refractivity (Wildman–Crippen MR) is 80.0 cm³/mol. The minimum absolute atomic E-state index is 0.0936. The average molecular weight is 336 g/mol. The summed E-state index contributed by atoms with van der Waals surface area (Å²) in [5, 5.41) is 1.23. The van der Waals surface area contributed by atoms with Crippen molar-refractivity contribution in [2.75, 3.05) is 6.26 Å². The normalized spacial score (nSPS) is 11.6. The van der Waals surface area contributed by atoms with Gasteiger partial charge in [0.1, 0.15) is 0 Å². The molecule has 0 aliphatic rings. The van der Waals surface area contributed by atoms with E-state index in [4.69, 9.17) is 34.8 Å². The molecule has 0 atom stereocenters. The first-order valence-corrected chi connectivity index (χ1v) is 8.26. The minimum atomic E-state index is -3.34. The Hall–Kier alpha value is -0.740. The lowest BCUT2D eigenvalue weighted by Gasteiger charge is -2.08.